The molecule has 1 atom stereocenters. The van der Waals surface area contributed by atoms with Crippen molar-refractivity contribution in [2.24, 2.45) is 0 Å². The van der Waals surface area contributed by atoms with E-state index in [1.165, 1.54) is 13.0 Å². The minimum Gasteiger partial charge on any atom is -0.805 e. The number of amides is 1. The van der Waals surface area contributed by atoms with Crippen molar-refractivity contribution in [2.75, 3.05) is 44.7 Å². The highest BCUT2D eigenvalue weighted by Gasteiger charge is 2.30. The van der Waals surface area contributed by atoms with Crippen LogP contribution in [-0.4, -0.2) is 66.5 Å². The van der Waals surface area contributed by atoms with E-state index >= 15 is 0 Å². The average molecular weight is 407 g/mol. The van der Waals surface area contributed by atoms with Crippen molar-refractivity contribution in [1.82, 2.24) is 14.9 Å². The SMILES string of the molecule is CCC(CO)NC(=O)c1c(C)n([O-])c2cc(F)c(N3CCN(C)CC3)cc2[n+]1=O. The Morgan fingerprint density at radius 1 is 1.34 bits per heavy atom. The molecule has 1 aliphatic rings. The van der Waals surface area contributed by atoms with Gasteiger partial charge in [0.2, 0.25) is 0 Å². The Bertz CT molecular complexity index is 981. The Labute approximate surface area is 167 Å². The van der Waals surface area contributed by atoms with E-state index in [4.69, 9.17) is 0 Å². The molecule has 3 rings (SSSR count). The van der Waals surface area contributed by atoms with Gasteiger partial charge < -0.3 is 30.2 Å². The van der Waals surface area contributed by atoms with E-state index in [9.17, 15) is 24.4 Å². The van der Waals surface area contributed by atoms with Crippen LogP contribution < -0.4 is 14.6 Å². The number of fused-ring (bicyclic) bond motifs is 1. The van der Waals surface area contributed by atoms with Gasteiger partial charge >= 0.3 is 11.6 Å². The minimum atomic E-state index is -0.754. The fraction of sp³-hybridized carbons (Fsp3) is 0.526. The number of hydrogen-bond donors (Lipinski definition) is 2. The molecule has 0 aliphatic carbocycles. The van der Waals surface area contributed by atoms with Crippen LogP contribution in [0.2, 0.25) is 0 Å². The lowest BCUT2D eigenvalue weighted by molar-refractivity contribution is -0.468. The number of carbonyl (C=O) groups excluding carboxylic acids is 1. The zero-order valence-electron chi connectivity index (χ0n) is 16.8. The van der Waals surface area contributed by atoms with Crippen LogP contribution in [0.15, 0.2) is 12.1 Å². The van der Waals surface area contributed by atoms with Crippen molar-refractivity contribution in [3.8, 4) is 0 Å². The van der Waals surface area contributed by atoms with Gasteiger partial charge in [0.15, 0.2) is 0 Å². The van der Waals surface area contributed by atoms with Crippen molar-refractivity contribution in [3.05, 3.63) is 39.5 Å². The molecule has 0 spiro atoms. The van der Waals surface area contributed by atoms with Crippen molar-refractivity contribution in [1.29, 1.82) is 0 Å². The van der Waals surface area contributed by atoms with Gasteiger partial charge in [-0.2, -0.15) is 0 Å². The third kappa shape index (κ3) is 3.90. The number of hydrogen-bond acceptors (Lipinski definition) is 6. The van der Waals surface area contributed by atoms with E-state index in [1.807, 2.05) is 11.9 Å². The summed E-state index contributed by atoms with van der Waals surface area (Å²) in [5.41, 5.74) is -0.492. The fourth-order valence-electron chi connectivity index (χ4n) is 3.49. The summed E-state index contributed by atoms with van der Waals surface area (Å²) in [5, 5.41) is 24.5. The van der Waals surface area contributed by atoms with Crippen LogP contribution >= 0.6 is 0 Å². The second-order valence-electron chi connectivity index (χ2n) is 7.37. The van der Waals surface area contributed by atoms with Crippen LogP contribution in [0.4, 0.5) is 10.1 Å². The number of benzene rings is 1. The van der Waals surface area contributed by atoms with E-state index in [0.29, 0.717) is 28.7 Å². The number of aliphatic hydroxyl groups excluding tert-OH is 1. The number of nitrogens with one attached hydrogen (secondary N) is 1. The Kier molecular flexibility index (Phi) is 6.04. The van der Waals surface area contributed by atoms with Gasteiger partial charge in [-0.15, -0.1) is 0 Å². The Hall–Kier alpha value is -2.72. The summed E-state index contributed by atoms with van der Waals surface area (Å²) in [6.45, 7) is 5.49. The highest BCUT2D eigenvalue weighted by Crippen LogP contribution is 2.26. The van der Waals surface area contributed by atoms with Gasteiger partial charge in [0, 0.05) is 43.2 Å². The molecule has 158 valence electrons. The number of rotatable bonds is 5. The van der Waals surface area contributed by atoms with Crippen LogP contribution in [0, 0.1) is 22.9 Å². The maximum Gasteiger partial charge on any atom is 0.346 e. The quantitative estimate of drug-likeness (QED) is 0.703. The van der Waals surface area contributed by atoms with Crippen LogP contribution in [0.3, 0.4) is 0 Å². The molecule has 2 heterocycles. The summed E-state index contributed by atoms with van der Waals surface area (Å²) < 4.78 is 15.5. The number of nitrogens with zero attached hydrogens (tertiary/aromatic N) is 4. The van der Waals surface area contributed by atoms with E-state index in [-0.39, 0.29) is 34.7 Å². The summed E-state index contributed by atoms with van der Waals surface area (Å²) in [4.78, 5) is 29.5. The molecule has 0 saturated carbocycles. The third-order valence-electron chi connectivity index (χ3n) is 5.44. The largest absolute Gasteiger partial charge is 0.805 e. The zero-order valence-corrected chi connectivity index (χ0v) is 16.8. The van der Waals surface area contributed by atoms with E-state index in [0.717, 1.165) is 19.2 Å². The molecule has 1 fully saturated rings. The van der Waals surface area contributed by atoms with E-state index < -0.39 is 17.8 Å². The molecule has 1 amide bonds. The van der Waals surface area contributed by atoms with Gasteiger partial charge in [-0.05, 0) is 20.4 Å². The first kappa shape index (κ1) is 21.0. The average Bonchev–Trinajstić information content (AvgIpc) is 2.71. The first-order valence-corrected chi connectivity index (χ1v) is 9.62. The number of likely N-dealkylation sites (N-methyl/N-ethyl adjacent to an activating group) is 1. The predicted octanol–water partition coefficient (Wildman–Crippen LogP) is 0.602. The fourth-order valence-corrected chi connectivity index (χ4v) is 3.49. The molecular weight excluding hydrogens is 381 g/mol. The third-order valence-corrected chi connectivity index (χ3v) is 5.44. The molecule has 2 N–H and O–H groups in total. The number of aromatic nitrogens is 2. The zero-order chi connectivity index (χ0) is 21.3. The first-order valence-electron chi connectivity index (χ1n) is 9.62. The molecule has 1 aromatic carbocycles. The lowest BCUT2D eigenvalue weighted by Gasteiger charge is -2.34. The van der Waals surface area contributed by atoms with Crippen LogP contribution in [0.25, 0.3) is 11.0 Å². The van der Waals surface area contributed by atoms with Crippen LogP contribution in [-0.2, 0) is 0 Å². The molecule has 1 unspecified atom stereocenters. The van der Waals surface area contributed by atoms with Crippen molar-refractivity contribution in [2.45, 2.75) is 26.3 Å². The van der Waals surface area contributed by atoms with Crippen LogP contribution in [0.1, 0.15) is 29.5 Å². The standard InChI is InChI=1S/C19H26FN5O4/c1-4-13(11-26)21-19(27)18-12(2)24(28)16-9-14(20)15(10-17(16)25(18)29)23-7-5-22(3)6-8-23/h9-10,13,26H,4-8,11H2,1-3H3,(H,21,27). The maximum absolute atomic E-state index is 14.7. The Morgan fingerprint density at radius 2 is 2.00 bits per heavy atom. The molecule has 29 heavy (non-hydrogen) atoms. The number of carbonyl (C=O) groups is 1. The summed E-state index contributed by atoms with van der Waals surface area (Å²) in [5.74, 6) is -1.34. The number of aliphatic hydroxyl groups is 1. The maximum atomic E-state index is 14.7. The molecule has 0 radical (unpaired) electrons. The molecule has 9 nitrogen and oxygen atoms in total. The van der Waals surface area contributed by atoms with Gasteiger partial charge in [0.25, 0.3) is 5.52 Å². The smallest absolute Gasteiger partial charge is 0.346 e. The molecule has 0 bridgehead atoms. The summed E-state index contributed by atoms with van der Waals surface area (Å²) >= 11 is 0. The molecular formula is C19H26FN5O4. The normalized spacial score (nSPS) is 16.2. The second kappa shape index (κ2) is 8.34. The molecule has 1 aromatic heterocycles. The minimum absolute atomic E-state index is 0.0804. The molecule has 1 saturated heterocycles. The Morgan fingerprint density at radius 3 is 2.59 bits per heavy atom. The number of piperazine rings is 1. The van der Waals surface area contributed by atoms with Crippen LogP contribution in [0.5, 0.6) is 0 Å². The van der Waals surface area contributed by atoms with E-state index in [1.54, 1.807) is 6.92 Å². The highest BCUT2D eigenvalue weighted by molar-refractivity contribution is 5.93. The lowest BCUT2D eigenvalue weighted by Crippen LogP contribution is -2.45. The van der Waals surface area contributed by atoms with Crippen molar-refractivity contribution in [3.63, 3.8) is 0 Å². The number of halogens is 1. The van der Waals surface area contributed by atoms with Crippen molar-refractivity contribution < 1.29 is 18.7 Å². The topological polar surface area (TPSA) is 107 Å². The molecule has 1 aliphatic heterocycles. The summed E-state index contributed by atoms with van der Waals surface area (Å²) in [6.07, 6.45) is 0.462. The van der Waals surface area contributed by atoms with Gasteiger partial charge in [-0.25, -0.2) is 4.39 Å². The molecule has 2 aromatic rings. The van der Waals surface area contributed by atoms with Gasteiger partial charge in [-0.3, -0.25) is 4.79 Å². The summed E-state index contributed by atoms with van der Waals surface area (Å²) in [7, 11) is 1.98. The van der Waals surface area contributed by atoms with Crippen molar-refractivity contribution >= 4 is 22.6 Å². The summed E-state index contributed by atoms with van der Waals surface area (Å²) in [6, 6.07) is 1.84. The highest BCUT2D eigenvalue weighted by atomic mass is 19.1. The van der Waals surface area contributed by atoms with E-state index in [2.05, 4.69) is 10.2 Å². The van der Waals surface area contributed by atoms with Gasteiger partial charge in [0.1, 0.15) is 11.3 Å². The second-order valence-corrected chi connectivity index (χ2v) is 7.37. The lowest BCUT2D eigenvalue weighted by atomic mass is 10.1. The Balaban J connectivity index is 2.11. The predicted molar refractivity (Wildman–Crippen MR) is 107 cm³/mol. The first-order chi connectivity index (χ1) is 13.8. The van der Waals surface area contributed by atoms with Gasteiger partial charge in [-0.1, -0.05) is 6.92 Å². The molecule has 10 heteroatoms. The monoisotopic (exact) mass is 407 g/mol. The van der Waals surface area contributed by atoms with Gasteiger partial charge in [0.05, 0.1) is 28.5 Å². The number of anilines is 1.